The summed E-state index contributed by atoms with van der Waals surface area (Å²) in [5, 5.41) is 8.01. The van der Waals surface area contributed by atoms with Gasteiger partial charge in [0.05, 0.1) is 5.56 Å². The van der Waals surface area contributed by atoms with Crippen LogP contribution < -0.4 is 10.5 Å². The van der Waals surface area contributed by atoms with Crippen molar-refractivity contribution in [2.24, 2.45) is 5.73 Å². The minimum Gasteiger partial charge on any atom is -0.474 e. The molecule has 0 saturated carbocycles. The van der Waals surface area contributed by atoms with Crippen molar-refractivity contribution in [3.63, 3.8) is 0 Å². The van der Waals surface area contributed by atoms with Gasteiger partial charge >= 0.3 is 0 Å². The van der Waals surface area contributed by atoms with E-state index in [-0.39, 0.29) is 29.3 Å². The first kappa shape index (κ1) is 21.3. The van der Waals surface area contributed by atoms with Gasteiger partial charge in [0.2, 0.25) is 5.91 Å². The number of carbonyl (C=O) groups is 1. The summed E-state index contributed by atoms with van der Waals surface area (Å²) in [5.41, 5.74) is 3.79. The predicted octanol–water partition coefficient (Wildman–Crippen LogP) is 3.93. The standard InChI is InChI=1S/C20H18F4N4O2/c1-4-28-18(12-6-5-10(17(25)29)7-13(12)22)26-27-19(28)20(2,3)30-16-14(23)8-11(21)9-15(16)24/h5-9H,4H2,1-3H3,(H2,25,29). The lowest BCUT2D eigenvalue weighted by atomic mass is 10.1. The van der Waals surface area contributed by atoms with Crippen LogP contribution in [0.2, 0.25) is 0 Å². The zero-order valence-corrected chi connectivity index (χ0v) is 16.3. The molecule has 0 spiro atoms. The molecule has 2 aromatic carbocycles. The molecule has 3 rings (SSSR count). The number of hydrogen-bond donors (Lipinski definition) is 1. The van der Waals surface area contributed by atoms with Crippen molar-refractivity contribution in [2.45, 2.75) is 32.9 Å². The van der Waals surface area contributed by atoms with E-state index >= 15 is 0 Å². The third-order valence-corrected chi connectivity index (χ3v) is 4.42. The zero-order chi connectivity index (χ0) is 22.2. The molecule has 3 aromatic rings. The van der Waals surface area contributed by atoms with Gasteiger partial charge in [-0.3, -0.25) is 4.79 Å². The number of halogens is 4. The van der Waals surface area contributed by atoms with Crippen molar-refractivity contribution in [3.05, 3.63) is 65.0 Å². The van der Waals surface area contributed by atoms with E-state index < -0.39 is 40.5 Å². The number of hydrogen-bond acceptors (Lipinski definition) is 4. The Morgan fingerprint density at radius 1 is 1.07 bits per heavy atom. The van der Waals surface area contributed by atoms with Crippen LogP contribution in [-0.4, -0.2) is 20.7 Å². The minimum absolute atomic E-state index is 0.00930. The highest BCUT2D eigenvalue weighted by atomic mass is 19.1. The second-order valence-electron chi connectivity index (χ2n) is 6.96. The van der Waals surface area contributed by atoms with Gasteiger partial charge in [-0.05, 0) is 39.0 Å². The fraction of sp³-hybridized carbons (Fsp3) is 0.250. The summed E-state index contributed by atoms with van der Waals surface area (Å²) in [4.78, 5) is 11.2. The summed E-state index contributed by atoms with van der Waals surface area (Å²) in [6.07, 6.45) is 0. The van der Waals surface area contributed by atoms with Crippen LogP contribution in [0.15, 0.2) is 30.3 Å². The van der Waals surface area contributed by atoms with Crippen LogP contribution in [-0.2, 0) is 12.1 Å². The summed E-state index contributed by atoms with van der Waals surface area (Å²) >= 11 is 0. The van der Waals surface area contributed by atoms with Gasteiger partial charge in [-0.2, -0.15) is 0 Å². The van der Waals surface area contributed by atoms with E-state index in [1.165, 1.54) is 30.5 Å². The molecular weight excluding hydrogens is 404 g/mol. The first-order valence-corrected chi connectivity index (χ1v) is 8.92. The maximum Gasteiger partial charge on any atom is 0.248 e. The van der Waals surface area contributed by atoms with Gasteiger partial charge in [-0.25, -0.2) is 17.6 Å². The predicted molar refractivity (Wildman–Crippen MR) is 99.6 cm³/mol. The summed E-state index contributed by atoms with van der Waals surface area (Å²) in [6.45, 7) is 4.99. The molecule has 0 fully saturated rings. The fourth-order valence-corrected chi connectivity index (χ4v) is 3.02. The largest absolute Gasteiger partial charge is 0.474 e. The van der Waals surface area contributed by atoms with Crippen LogP contribution in [0.1, 0.15) is 37.0 Å². The lowest BCUT2D eigenvalue weighted by Crippen LogP contribution is -2.30. The number of nitrogens with two attached hydrogens (primary N) is 1. The molecule has 1 amide bonds. The van der Waals surface area contributed by atoms with Gasteiger partial charge in [0.25, 0.3) is 0 Å². The van der Waals surface area contributed by atoms with Crippen molar-refractivity contribution >= 4 is 5.91 Å². The quantitative estimate of drug-likeness (QED) is 0.610. The first-order chi connectivity index (χ1) is 14.0. The molecule has 0 radical (unpaired) electrons. The van der Waals surface area contributed by atoms with E-state index in [2.05, 4.69) is 10.2 Å². The number of rotatable bonds is 6. The first-order valence-electron chi connectivity index (χ1n) is 8.92. The molecule has 0 unspecified atom stereocenters. The summed E-state index contributed by atoms with van der Waals surface area (Å²) < 4.78 is 62.8. The summed E-state index contributed by atoms with van der Waals surface area (Å²) in [7, 11) is 0. The molecule has 2 N–H and O–H groups in total. The van der Waals surface area contributed by atoms with E-state index in [0.29, 0.717) is 12.1 Å². The third-order valence-electron chi connectivity index (χ3n) is 4.42. The molecule has 0 aliphatic carbocycles. The Kier molecular flexibility index (Phi) is 5.51. The van der Waals surface area contributed by atoms with Crippen LogP contribution >= 0.6 is 0 Å². The van der Waals surface area contributed by atoms with Gasteiger partial charge in [-0.1, -0.05) is 0 Å². The normalized spacial score (nSPS) is 11.6. The van der Waals surface area contributed by atoms with Crippen LogP contribution in [0.5, 0.6) is 5.75 Å². The monoisotopic (exact) mass is 422 g/mol. The lowest BCUT2D eigenvalue weighted by molar-refractivity contribution is 0.0824. The number of nitrogens with zero attached hydrogens (tertiary/aromatic N) is 3. The molecule has 0 aliphatic rings. The maximum atomic E-state index is 14.6. The zero-order valence-electron chi connectivity index (χ0n) is 16.3. The highest BCUT2D eigenvalue weighted by molar-refractivity contribution is 5.93. The van der Waals surface area contributed by atoms with Gasteiger partial charge in [0.1, 0.15) is 11.6 Å². The Balaban J connectivity index is 2.04. The molecule has 6 nitrogen and oxygen atoms in total. The summed E-state index contributed by atoms with van der Waals surface area (Å²) in [6, 6.07) is 4.67. The number of amides is 1. The van der Waals surface area contributed by atoms with E-state index in [1.807, 2.05) is 0 Å². The van der Waals surface area contributed by atoms with E-state index in [1.54, 1.807) is 6.92 Å². The van der Waals surface area contributed by atoms with Crippen LogP contribution in [0.25, 0.3) is 11.4 Å². The highest BCUT2D eigenvalue weighted by Gasteiger charge is 2.33. The molecular formula is C20H18F4N4O2. The molecule has 30 heavy (non-hydrogen) atoms. The van der Waals surface area contributed by atoms with Crippen molar-refractivity contribution in [2.75, 3.05) is 0 Å². The third kappa shape index (κ3) is 3.85. The fourth-order valence-electron chi connectivity index (χ4n) is 3.02. The van der Waals surface area contributed by atoms with E-state index in [9.17, 15) is 22.4 Å². The minimum atomic E-state index is -1.41. The maximum absolute atomic E-state index is 14.6. The SMILES string of the molecule is CCn1c(-c2ccc(C(N)=O)cc2F)nnc1C(C)(C)Oc1c(F)cc(F)cc1F. The van der Waals surface area contributed by atoms with Crippen molar-refractivity contribution < 1.29 is 27.1 Å². The average Bonchev–Trinajstić information content (AvgIpc) is 3.09. The number of ether oxygens (including phenoxy) is 1. The Labute approximate surface area is 169 Å². The number of aromatic nitrogens is 3. The molecule has 0 saturated heterocycles. The molecule has 1 heterocycles. The van der Waals surface area contributed by atoms with Gasteiger partial charge in [0.15, 0.2) is 34.6 Å². The van der Waals surface area contributed by atoms with Gasteiger partial charge in [-0.15, -0.1) is 10.2 Å². The van der Waals surface area contributed by atoms with Crippen molar-refractivity contribution in [1.29, 1.82) is 0 Å². The number of primary amides is 1. The molecule has 158 valence electrons. The molecule has 0 aliphatic heterocycles. The highest BCUT2D eigenvalue weighted by Crippen LogP contribution is 2.33. The molecule has 0 atom stereocenters. The molecule has 10 heteroatoms. The average molecular weight is 422 g/mol. The Morgan fingerprint density at radius 2 is 1.70 bits per heavy atom. The smallest absolute Gasteiger partial charge is 0.248 e. The Hall–Kier alpha value is -3.43. The van der Waals surface area contributed by atoms with Crippen LogP contribution in [0.4, 0.5) is 17.6 Å². The van der Waals surface area contributed by atoms with Gasteiger partial charge < -0.3 is 15.0 Å². The second kappa shape index (κ2) is 7.77. The molecule has 0 bridgehead atoms. The topological polar surface area (TPSA) is 83.0 Å². The number of benzene rings is 2. The van der Waals surface area contributed by atoms with Crippen molar-refractivity contribution in [1.82, 2.24) is 14.8 Å². The van der Waals surface area contributed by atoms with Gasteiger partial charge in [0, 0.05) is 24.2 Å². The lowest BCUT2D eigenvalue weighted by Gasteiger charge is -2.26. The Morgan fingerprint density at radius 3 is 2.23 bits per heavy atom. The molecule has 1 aromatic heterocycles. The van der Waals surface area contributed by atoms with E-state index in [4.69, 9.17) is 10.5 Å². The van der Waals surface area contributed by atoms with E-state index in [0.717, 1.165) is 6.07 Å². The van der Waals surface area contributed by atoms with Crippen LogP contribution in [0.3, 0.4) is 0 Å². The summed E-state index contributed by atoms with van der Waals surface area (Å²) in [5.74, 6) is -5.52. The van der Waals surface area contributed by atoms with Crippen LogP contribution in [0, 0.1) is 23.3 Å². The van der Waals surface area contributed by atoms with Crippen molar-refractivity contribution in [3.8, 4) is 17.1 Å². The second-order valence-corrected chi connectivity index (χ2v) is 6.96. The Bertz CT molecular complexity index is 1100. The number of carbonyl (C=O) groups excluding carboxylic acids is 1.